The first kappa shape index (κ1) is 21.8. The van der Waals surface area contributed by atoms with Crippen LogP contribution >= 0.6 is 0 Å². The summed E-state index contributed by atoms with van der Waals surface area (Å²) in [7, 11) is 0. The van der Waals surface area contributed by atoms with Gasteiger partial charge in [-0.2, -0.15) is 0 Å². The average Bonchev–Trinajstić information content (AvgIpc) is 3.00. The number of ether oxygens (including phenoxy) is 1. The van der Waals surface area contributed by atoms with Gasteiger partial charge in [0.15, 0.2) is 0 Å². The number of nitrogens with one attached hydrogen (secondary N) is 1. The molecule has 32 heavy (non-hydrogen) atoms. The largest absolute Gasteiger partial charge is 0.490 e. The van der Waals surface area contributed by atoms with Crippen molar-refractivity contribution >= 4 is 22.7 Å². The summed E-state index contributed by atoms with van der Waals surface area (Å²) in [5, 5.41) is 15.4. The molecular formula is C26H28N2O4. The first-order chi connectivity index (χ1) is 15.2. The smallest absolute Gasteiger partial charge is 0.325 e. The Kier molecular flexibility index (Phi) is 5.65. The van der Waals surface area contributed by atoms with Crippen LogP contribution in [0.3, 0.4) is 0 Å². The third-order valence-electron chi connectivity index (χ3n) is 6.29. The number of aryl methyl sites for hydroxylation is 2. The van der Waals surface area contributed by atoms with Gasteiger partial charge in [-0.05, 0) is 66.8 Å². The van der Waals surface area contributed by atoms with E-state index in [1.54, 1.807) is 6.92 Å². The Morgan fingerprint density at radius 3 is 2.44 bits per heavy atom. The van der Waals surface area contributed by atoms with Gasteiger partial charge < -0.3 is 15.2 Å². The van der Waals surface area contributed by atoms with Crippen LogP contribution in [-0.4, -0.2) is 41.2 Å². The van der Waals surface area contributed by atoms with Gasteiger partial charge in [-0.25, -0.2) is 4.79 Å². The summed E-state index contributed by atoms with van der Waals surface area (Å²) in [6, 6.07) is 17.0. The molecule has 1 saturated heterocycles. The summed E-state index contributed by atoms with van der Waals surface area (Å²) >= 11 is 0. The van der Waals surface area contributed by atoms with Crippen molar-refractivity contribution in [2.24, 2.45) is 0 Å². The number of hydrogen-bond acceptors (Lipinski definition) is 4. The maximum absolute atomic E-state index is 13.2. The Balaban J connectivity index is 1.48. The van der Waals surface area contributed by atoms with Gasteiger partial charge in [0.2, 0.25) is 0 Å². The fourth-order valence-corrected chi connectivity index (χ4v) is 4.15. The van der Waals surface area contributed by atoms with Crippen molar-refractivity contribution in [3.05, 3.63) is 76.9 Å². The number of fused-ring (bicyclic) bond motifs is 1. The second kappa shape index (κ2) is 8.28. The molecule has 0 aliphatic carbocycles. The second-order valence-corrected chi connectivity index (χ2v) is 8.65. The Labute approximate surface area is 187 Å². The van der Waals surface area contributed by atoms with Crippen LogP contribution in [0, 0.1) is 20.8 Å². The standard InChI is InChI=1S/C26H28N2O4/c1-16-9-10-17(2)23(18(16)3)32-15-22(29)14-28-24(30)26(4,27-25(28)31)21-12-11-19-7-5-6-8-20(19)13-21/h5-13,22,29H,14-15H2,1-4H3,(H,27,31). The highest BCUT2D eigenvalue weighted by atomic mass is 16.5. The Bertz CT molecular complexity index is 1210. The highest BCUT2D eigenvalue weighted by Gasteiger charge is 2.49. The predicted octanol–water partition coefficient (Wildman–Crippen LogP) is 3.97. The van der Waals surface area contributed by atoms with Crippen LogP contribution in [0.4, 0.5) is 4.79 Å². The molecule has 0 radical (unpaired) electrons. The van der Waals surface area contributed by atoms with Crippen molar-refractivity contribution in [3.63, 3.8) is 0 Å². The number of β-amino-alcohol motifs (C(OH)–C–C–N with tert-alkyl or cyclic N) is 1. The number of imide groups is 1. The fraction of sp³-hybridized carbons (Fsp3) is 0.308. The lowest BCUT2D eigenvalue weighted by Gasteiger charge is -2.24. The summed E-state index contributed by atoms with van der Waals surface area (Å²) in [5.74, 6) is 0.335. The van der Waals surface area contributed by atoms with Crippen LogP contribution in [0.5, 0.6) is 5.75 Å². The summed E-state index contributed by atoms with van der Waals surface area (Å²) in [6.07, 6.45) is -1.01. The Morgan fingerprint density at radius 2 is 1.69 bits per heavy atom. The molecule has 0 saturated carbocycles. The van der Waals surface area contributed by atoms with Gasteiger partial charge in [-0.3, -0.25) is 9.69 Å². The molecule has 6 heteroatoms. The number of carbonyl (C=O) groups excluding carboxylic acids is 2. The molecule has 1 aliphatic heterocycles. The molecule has 3 aromatic rings. The summed E-state index contributed by atoms with van der Waals surface area (Å²) in [4.78, 5) is 26.9. The van der Waals surface area contributed by atoms with Gasteiger partial charge in [0.25, 0.3) is 5.91 Å². The van der Waals surface area contributed by atoms with Gasteiger partial charge in [-0.15, -0.1) is 0 Å². The topological polar surface area (TPSA) is 78.9 Å². The van der Waals surface area contributed by atoms with Gasteiger partial charge >= 0.3 is 6.03 Å². The molecule has 3 amide bonds. The number of aliphatic hydroxyl groups is 1. The molecule has 0 spiro atoms. The minimum absolute atomic E-state index is 0.0190. The van der Waals surface area contributed by atoms with E-state index in [2.05, 4.69) is 5.32 Å². The molecule has 1 fully saturated rings. The second-order valence-electron chi connectivity index (χ2n) is 8.65. The highest BCUT2D eigenvalue weighted by Crippen LogP contribution is 2.31. The number of amides is 3. The lowest BCUT2D eigenvalue weighted by Crippen LogP contribution is -2.42. The van der Waals surface area contributed by atoms with E-state index in [-0.39, 0.29) is 19.1 Å². The van der Waals surface area contributed by atoms with E-state index >= 15 is 0 Å². The SMILES string of the molecule is Cc1ccc(C)c(OCC(O)CN2C(=O)NC(C)(c3ccc4ccccc4c3)C2=O)c1C. The summed E-state index contributed by atoms with van der Waals surface area (Å²) in [6.45, 7) is 7.45. The zero-order valence-corrected chi connectivity index (χ0v) is 18.8. The van der Waals surface area contributed by atoms with Crippen molar-refractivity contribution in [3.8, 4) is 5.75 Å². The van der Waals surface area contributed by atoms with Crippen molar-refractivity contribution in [1.29, 1.82) is 0 Å². The first-order valence-corrected chi connectivity index (χ1v) is 10.7. The van der Waals surface area contributed by atoms with Crippen LogP contribution < -0.4 is 10.1 Å². The Morgan fingerprint density at radius 1 is 1.00 bits per heavy atom. The zero-order chi connectivity index (χ0) is 23.0. The molecule has 3 aromatic carbocycles. The van der Waals surface area contributed by atoms with E-state index in [1.165, 1.54) is 0 Å². The van der Waals surface area contributed by atoms with Crippen molar-refractivity contribution in [1.82, 2.24) is 10.2 Å². The number of aliphatic hydroxyl groups excluding tert-OH is 1. The highest BCUT2D eigenvalue weighted by molar-refractivity contribution is 6.07. The van der Waals surface area contributed by atoms with E-state index in [0.29, 0.717) is 5.56 Å². The van der Waals surface area contributed by atoms with Crippen LogP contribution in [0.2, 0.25) is 0 Å². The van der Waals surface area contributed by atoms with E-state index in [4.69, 9.17) is 4.74 Å². The maximum atomic E-state index is 13.2. The third-order valence-corrected chi connectivity index (χ3v) is 6.29. The number of rotatable bonds is 6. The van der Waals surface area contributed by atoms with Crippen molar-refractivity contribution in [2.45, 2.75) is 39.3 Å². The third kappa shape index (κ3) is 3.82. The molecule has 1 heterocycles. The predicted molar refractivity (Wildman–Crippen MR) is 124 cm³/mol. The normalized spacial score (nSPS) is 19.3. The molecular weight excluding hydrogens is 404 g/mol. The van der Waals surface area contributed by atoms with E-state index in [1.807, 2.05) is 75.4 Å². The summed E-state index contributed by atoms with van der Waals surface area (Å²) in [5.41, 5.74) is 2.59. The van der Waals surface area contributed by atoms with Crippen molar-refractivity contribution < 1.29 is 19.4 Å². The lowest BCUT2D eigenvalue weighted by atomic mass is 9.90. The van der Waals surface area contributed by atoms with Gasteiger partial charge in [0.05, 0.1) is 6.54 Å². The Hall–Kier alpha value is -3.38. The molecule has 1 aliphatic rings. The molecule has 0 aromatic heterocycles. The number of urea groups is 1. The quantitative estimate of drug-likeness (QED) is 0.578. The van der Waals surface area contributed by atoms with Crippen molar-refractivity contribution in [2.75, 3.05) is 13.2 Å². The number of hydrogen-bond donors (Lipinski definition) is 2. The molecule has 166 valence electrons. The van der Waals surface area contributed by atoms with Crippen LogP contribution in [0.1, 0.15) is 29.2 Å². The first-order valence-electron chi connectivity index (χ1n) is 10.7. The zero-order valence-electron chi connectivity index (χ0n) is 18.8. The van der Waals surface area contributed by atoms with E-state index < -0.39 is 17.7 Å². The minimum Gasteiger partial charge on any atom is -0.490 e. The van der Waals surface area contributed by atoms with E-state index in [9.17, 15) is 14.7 Å². The van der Waals surface area contributed by atoms with Gasteiger partial charge in [0.1, 0.15) is 24.0 Å². The van der Waals surface area contributed by atoms with Crippen LogP contribution in [0.25, 0.3) is 10.8 Å². The molecule has 2 unspecified atom stereocenters. The molecule has 4 rings (SSSR count). The maximum Gasteiger partial charge on any atom is 0.325 e. The molecule has 2 atom stereocenters. The average molecular weight is 433 g/mol. The fourth-order valence-electron chi connectivity index (χ4n) is 4.15. The number of benzene rings is 3. The van der Waals surface area contributed by atoms with Crippen LogP contribution in [-0.2, 0) is 10.3 Å². The van der Waals surface area contributed by atoms with Gasteiger partial charge in [0, 0.05) is 0 Å². The van der Waals surface area contributed by atoms with Crippen LogP contribution in [0.15, 0.2) is 54.6 Å². The monoisotopic (exact) mass is 432 g/mol. The molecule has 2 N–H and O–H groups in total. The lowest BCUT2D eigenvalue weighted by molar-refractivity contribution is -0.132. The summed E-state index contributed by atoms with van der Waals surface area (Å²) < 4.78 is 5.86. The van der Waals surface area contributed by atoms with E-state index in [0.717, 1.165) is 38.1 Å². The van der Waals surface area contributed by atoms with Gasteiger partial charge in [-0.1, -0.05) is 48.5 Å². The molecule has 0 bridgehead atoms. The number of carbonyl (C=O) groups is 2. The molecule has 6 nitrogen and oxygen atoms in total. The number of nitrogens with zero attached hydrogens (tertiary/aromatic N) is 1. The minimum atomic E-state index is -1.19.